The number of amides is 1. The molecule has 0 aliphatic carbocycles. The summed E-state index contributed by atoms with van der Waals surface area (Å²) in [7, 11) is 0. The van der Waals surface area contributed by atoms with Crippen LogP contribution < -0.4 is 0 Å². The highest BCUT2D eigenvalue weighted by molar-refractivity contribution is 5.77. The molecule has 1 N–H and O–H groups in total. The predicted octanol–water partition coefficient (Wildman–Crippen LogP) is 0.843. The fourth-order valence-corrected chi connectivity index (χ4v) is 5.18. The van der Waals surface area contributed by atoms with Crippen molar-refractivity contribution in [2.75, 3.05) is 19.6 Å². The molecule has 106 valence electrons. The van der Waals surface area contributed by atoms with Crippen LogP contribution in [-0.4, -0.2) is 58.6 Å². The Morgan fingerprint density at radius 2 is 2.00 bits per heavy atom. The van der Waals surface area contributed by atoms with Gasteiger partial charge in [-0.05, 0) is 50.5 Å². The minimum atomic E-state index is -0.170. The van der Waals surface area contributed by atoms with Gasteiger partial charge in [-0.25, -0.2) is 0 Å². The van der Waals surface area contributed by atoms with Gasteiger partial charge in [0.1, 0.15) is 0 Å². The van der Waals surface area contributed by atoms with E-state index in [1.165, 1.54) is 12.8 Å². The maximum Gasteiger partial charge on any atom is 0.222 e. The Morgan fingerprint density at radius 3 is 2.89 bits per heavy atom. The molecular weight excluding hydrogens is 240 g/mol. The lowest BCUT2D eigenvalue weighted by atomic mass is 9.70. The number of hydrogen-bond acceptors (Lipinski definition) is 3. The molecular formula is C15H24N2O2. The van der Waals surface area contributed by atoms with Crippen LogP contribution in [0.3, 0.4) is 0 Å². The van der Waals surface area contributed by atoms with Crippen molar-refractivity contribution < 1.29 is 9.90 Å². The Balaban J connectivity index is 1.61. The van der Waals surface area contributed by atoms with Gasteiger partial charge in [-0.3, -0.25) is 9.69 Å². The van der Waals surface area contributed by atoms with Crippen LogP contribution in [0.1, 0.15) is 38.5 Å². The summed E-state index contributed by atoms with van der Waals surface area (Å²) in [5, 5.41) is 10.3. The van der Waals surface area contributed by atoms with Gasteiger partial charge in [0.2, 0.25) is 5.91 Å². The first kappa shape index (κ1) is 12.2. The second-order valence-electron chi connectivity index (χ2n) is 6.96. The minimum absolute atomic E-state index is 0.170. The second kappa shape index (κ2) is 4.45. The van der Waals surface area contributed by atoms with E-state index in [1.54, 1.807) is 0 Å². The van der Waals surface area contributed by atoms with Gasteiger partial charge >= 0.3 is 0 Å². The monoisotopic (exact) mass is 264 g/mol. The molecule has 4 rings (SSSR count). The van der Waals surface area contributed by atoms with Crippen molar-refractivity contribution in [1.82, 2.24) is 9.80 Å². The zero-order valence-electron chi connectivity index (χ0n) is 11.5. The molecule has 5 atom stereocenters. The van der Waals surface area contributed by atoms with Crippen molar-refractivity contribution in [3.63, 3.8) is 0 Å². The zero-order chi connectivity index (χ0) is 13.0. The molecule has 4 nitrogen and oxygen atoms in total. The van der Waals surface area contributed by atoms with Gasteiger partial charge in [0.25, 0.3) is 0 Å². The molecule has 0 radical (unpaired) electrons. The lowest BCUT2D eigenvalue weighted by Gasteiger charge is -2.57. The third-order valence-corrected chi connectivity index (χ3v) is 5.91. The normalized spacial score (nSPS) is 46.7. The van der Waals surface area contributed by atoms with E-state index in [4.69, 9.17) is 0 Å². The van der Waals surface area contributed by atoms with Crippen LogP contribution in [-0.2, 0) is 4.79 Å². The number of rotatable bonds is 0. The fourth-order valence-electron chi connectivity index (χ4n) is 5.18. The van der Waals surface area contributed by atoms with Gasteiger partial charge in [0.15, 0.2) is 0 Å². The van der Waals surface area contributed by atoms with Crippen molar-refractivity contribution >= 4 is 5.91 Å². The summed E-state index contributed by atoms with van der Waals surface area (Å²) in [6, 6.07) is 0.818. The van der Waals surface area contributed by atoms with Crippen molar-refractivity contribution in [3.05, 3.63) is 0 Å². The first-order chi connectivity index (χ1) is 9.24. The SMILES string of the molecule is O=C1CCC[C@H]2[C@@H]3C[C@H](CN12)[C@H]1[C@@H](O)CCCN1C3. The molecule has 4 saturated heterocycles. The van der Waals surface area contributed by atoms with Gasteiger partial charge in [0.05, 0.1) is 6.10 Å². The predicted molar refractivity (Wildman–Crippen MR) is 71.6 cm³/mol. The summed E-state index contributed by atoms with van der Waals surface area (Å²) in [5.74, 6) is 1.53. The van der Waals surface area contributed by atoms with E-state index in [-0.39, 0.29) is 6.10 Å². The van der Waals surface area contributed by atoms with Gasteiger partial charge < -0.3 is 10.0 Å². The number of hydrogen-bond donors (Lipinski definition) is 1. The van der Waals surface area contributed by atoms with Gasteiger partial charge in [-0.1, -0.05) is 0 Å². The van der Waals surface area contributed by atoms with Gasteiger partial charge in [0, 0.05) is 31.6 Å². The minimum Gasteiger partial charge on any atom is -0.391 e. The zero-order valence-corrected chi connectivity index (χ0v) is 11.5. The summed E-state index contributed by atoms with van der Waals surface area (Å²) < 4.78 is 0. The quantitative estimate of drug-likeness (QED) is 0.705. The smallest absolute Gasteiger partial charge is 0.222 e. The summed E-state index contributed by atoms with van der Waals surface area (Å²) >= 11 is 0. The Kier molecular flexibility index (Phi) is 2.85. The fraction of sp³-hybridized carbons (Fsp3) is 0.933. The van der Waals surface area contributed by atoms with Crippen molar-refractivity contribution in [3.8, 4) is 0 Å². The van der Waals surface area contributed by atoms with Crippen LogP contribution in [0.25, 0.3) is 0 Å². The third-order valence-electron chi connectivity index (χ3n) is 5.91. The molecule has 4 aliphatic rings. The molecule has 0 aromatic heterocycles. The molecule has 4 fully saturated rings. The molecule has 2 bridgehead atoms. The number of carbonyl (C=O) groups excluding carboxylic acids is 1. The van der Waals surface area contributed by atoms with E-state index in [0.29, 0.717) is 29.8 Å². The molecule has 0 aromatic carbocycles. The Labute approximate surface area is 114 Å². The number of nitrogens with zero attached hydrogens (tertiary/aromatic N) is 2. The molecule has 0 unspecified atom stereocenters. The van der Waals surface area contributed by atoms with Crippen LogP contribution in [0.5, 0.6) is 0 Å². The number of carbonyl (C=O) groups is 1. The van der Waals surface area contributed by atoms with Crippen LogP contribution >= 0.6 is 0 Å². The van der Waals surface area contributed by atoms with Gasteiger partial charge in [-0.2, -0.15) is 0 Å². The molecule has 19 heavy (non-hydrogen) atoms. The molecule has 4 heteroatoms. The summed E-state index contributed by atoms with van der Waals surface area (Å²) in [6.07, 6.45) is 6.15. The highest BCUT2D eigenvalue weighted by Crippen LogP contribution is 2.42. The molecule has 0 saturated carbocycles. The molecule has 0 aromatic rings. The standard InChI is InChI=1S/C15H24N2O2/c18-13-4-2-6-16-8-10-7-11(15(13)16)9-17-12(10)3-1-5-14(17)19/h10-13,15,18H,1-9H2/t10-,11-,12+,13+,15+/m1/s1. The van der Waals surface area contributed by atoms with Crippen LogP contribution in [0, 0.1) is 11.8 Å². The lowest BCUT2D eigenvalue weighted by molar-refractivity contribution is -0.153. The second-order valence-corrected chi connectivity index (χ2v) is 6.96. The van der Waals surface area contributed by atoms with E-state index in [1.807, 2.05) is 0 Å². The van der Waals surface area contributed by atoms with Crippen molar-refractivity contribution in [2.45, 2.75) is 56.7 Å². The highest BCUT2D eigenvalue weighted by Gasteiger charge is 2.50. The first-order valence-corrected chi connectivity index (χ1v) is 7.95. The van der Waals surface area contributed by atoms with Crippen LogP contribution in [0.15, 0.2) is 0 Å². The van der Waals surface area contributed by atoms with Crippen LogP contribution in [0.4, 0.5) is 0 Å². The van der Waals surface area contributed by atoms with E-state index >= 15 is 0 Å². The summed E-state index contributed by atoms with van der Waals surface area (Å²) in [4.78, 5) is 16.8. The average molecular weight is 264 g/mol. The largest absolute Gasteiger partial charge is 0.391 e. The maximum atomic E-state index is 12.2. The molecule has 4 aliphatic heterocycles. The maximum absolute atomic E-state index is 12.2. The van der Waals surface area contributed by atoms with E-state index in [9.17, 15) is 9.90 Å². The van der Waals surface area contributed by atoms with Gasteiger partial charge in [-0.15, -0.1) is 0 Å². The van der Waals surface area contributed by atoms with Crippen LogP contribution in [0.2, 0.25) is 0 Å². The first-order valence-electron chi connectivity index (χ1n) is 7.95. The number of fused-ring (bicyclic) bond motifs is 6. The topological polar surface area (TPSA) is 43.8 Å². The third kappa shape index (κ3) is 1.83. The van der Waals surface area contributed by atoms with Crippen molar-refractivity contribution in [2.24, 2.45) is 11.8 Å². The summed E-state index contributed by atoms with van der Waals surface area (Å²) in [5.41, 5.74) is 0. The number of aliphatic hydroxyl groups excluding tert-OH is 1. The van der Waals surface area contributed by atoms with E-state index < -0.39 is 0 Å². The molecule has 1 amide bonds. The lowest BCUT2D eigenvalue weighted by Crippen LogP contribution is -2.67. The Bertz CT molecular complexity index is 386. The van der Waals surface area contributed by atoms with Crippen molar-refractivity contribution in [1.29, 1.82) is 0 Å². The number of aliphatic hydroxyl groups is 1. The number of piperidine rings is 4. The highest BCUT2D eigenvalue weighted by atomic mass is 16.3. The Hall–Kier alpha value is -0.610. The molecule has 4 heterocycles. The van der Waals surface area contributed by atoms with E-state index in [2.05, 4.69) is 9.80 Å². The Morgan fingerprint density at radius 1 is 1.11 bits per heavy atom. The summed E-state index contributed by atoms with van der Waals surface area (Å²) in [6.45, 7) is 3.15. The molecule has 0 spiro atoms. The average Bonchev–Trinajstić information content (AvgIpc) is 2.40. The van der Waals surface area contributed by atoms with E-state index in [0.717, 1.165) is 45.3 Å².